The normalized spacial score (nSPS) is 20.4. The molecule has 0 amide bonds. The molecule has 1 atom stereocenters. The zero-order chi connectivity index (χ0) is 15.6. The lowest BCUT2D eigenvalue weighted by Gasteiger charge is -2.31. The van der Waals surface area contributed by atoms with Crippen molar-refractivity contribution in [1.82, 2.24) is 4.31 Å². The standard InChI is InChI=1S/C12H15ClN2O4S2/c13-11-5-9(1-2-10(11)12(14)20)21(17,18)15-3-4-19-8(6-15)7-16/h1-2,5,8,16H,3-4,6-7H2,(H2,14,20). The van der Waals surface area contributed by atoms with Crippen LogP contribution in [0.1, 0.15) is 5.56 Å². The van der Waals surface area contributed by atoms with Crippen molar-refractivity contribution < 1.29 is 18.3 Å². The van der Waals surface area contributed by atoms with E-state index in [1.54, 1.807) is 0 Å². The number of morpholine rings is 1. The summed E-state index contributed by atoms with van der Waals surface area (Å²) in [7, 11) is -3.70. The molecule has 0 bridgehead atoms. The van der Waals surface area contributed by atoms with Gasteiger partial charge in [-0.25, -0.2) is 8.42 Å². The van der Waals surface area contributed by atoms with Gasteiger partial charge in [-0.1, -0.05) is 23.8 Å². The summed E-state index contributed by atoms with van der Waals surface area (Å²) in [6.07, 6.45) is -0.514. The summed E-state index contributed by atoms with van der Waals surface area (Å²) in [5.41, 5.74) is 5.93. The maximum absolute atomic E-state index is 12.5. The van der Waals surface area contributed by atoms with Gasteiger partial charge in [-0.15, -0.1) is 0 Å². The van der Waals surface area contributed by atoms with Crippen molar-refractivity contribution in [2.75, 3.05) is 26.3 Å². The molecule has 0 saturated carbocycles. The first-order chi connectivity index (χ1) is 9.86. The Morgan fingerprint density at radius 1 is 1.57 bits per heavy atom. The van der Waals surface area contributed by atoms with Crippen LogP contribution in [0.3, 0.4) is 0 Å². The second-order valence-electron chi connectivity index (χ2n) is 4.54. The van der Waals surface area contributed by atoms with Gasteiger partial charge >= 0.3 is 0 Å². The van der Waals surface area contributed by atoms with Crippen LogP contribution in [0.5, 0.6) is 0 Å². The Kier molecular flexibility index (Phi) is 5.18. The average molecular weight is 351 g/mol. The largest absolute Gasteiger partial charge is 0.394 e. The van der Waals surface area contributed by atoms with Gasteiger partial charge in [0.05, 0.1) is 29.2 Å². The number of hydrogen-bond donors (Lipinski definition) is 2. The number of ether oxygens (including phenoxy) is 1. The molecule has 1 aliphatic heterocycles. The van der Waals surface area contributed by atoms with Crippen LogP contribution < -0.4 is 5.73 Å². The zero-order valence-electron chi connectivity index (χ0n) is 11.0. The zero-order valence-corrected chi connectivity index (χ0v) is 13.4. The van der Waals surface area contributed by atoms with E-state index in [2.05, 4.69) is 0 Å². The highest BCUT2D eigenvalue weighted by molar-refractivity contribution is 7.89. The first-order valence-electron chi connectivity index (χ1n) is 6.18. The summed E-state index contributed by atoms with van der Waals surface area (Å²) in [4.78, 5) is 0.168. The van der Waals surface area contributed by atoms with Gasteiger partial charge in [-0.2, -0.15) is 4.31 Å². The molecule has 0 aromatic heterocycles. The first kappa shape index (κ1) is 16.6. The lowest BCUT2D eigenvalue weighted by Crippen LogP contribution is -2.46. The maximum Gasteiger partial charge on any atom is 0.243 e. The Morgan fingerprint density at radius 2 is 2.29 bits per heavy atom. The summed E-state index contributed by atoms with van der Waals surface area (Å²) < 4.78 is 31.6. The van der Waals surface area contributed by atoms with Crippen LogP contribution >= 0.6 is 23.8 Å². The number of nitrogens with two attached hydrogens (primary N) is 1. The van der Waals surface area contributed by atoms with Gasteiger partial charge in [0.15, 0.2) is 0 Å². The van der Waals surface area contributed by atoms with Crippen LogP contribution in [0.2, 0.25) is 5.02 Å². The molecular weight excluding hydrogens is 336 g/mol. The SMILES string of the molecule is NC(=S)c1ccc(S(=O)(=O)N2CCOC(CO)C2)cc1Cl. The number of aliphatic hydroxyl groups is 1. The van der Waals surface area contributed by atoms with E-state index in [1.165, 1.54) is 22.5 Å². The Morgan fingerprint density at radius 3 is 2.86 bits per heavy atom. The molecule has 1 heterocycles. The highest BCUT2D eigenvalue weighted by Gasteiger charge is 2.30. The summed E-state index contributed by atoms with van der Waals surface area (Å²) in [6.45, 7) is 0.345. The highest BCUT2D eigenvalue weighted by atomic mass is 35.5. The van der Waals surface area contributed by atoms with E-state index in [9.17, 15) is 8.42 Å². The molecule has 116 valence electrons. The fourth-order valence-corrected chi connectivity index (χ4v) is 4.09. The number of benzene rings is 1. The van der Waals surface area contributed by atoms with E-state index in [-0.39, 0.29) is 41.2 Å². The third-order valence-electron chi connectivity index (χ3n) is 3.15. The fraction of sp³-hybridized carbons (Fsp3) is 0.417. The van der Waals surface area contributed by atoms with E-state index in [4.69, 9.17) is 39.4 Å². The number of halogens is 1. The minimum absolute atomic E-state index is 0.0612. The Balaban J connectivity index is 2.31. The fourth-order valence-electron chi connectivity index (χ4n) is 2.03. The molecule has 1 saturated heterocycles. The second-order valence-corrected chi connectivity index (χ2v) is 7.33. The third kappa shape index (κ3) is 3.53. The predicted octanol–water partition coefficient (Wildman–Crippen LogP) is 0.356. The van der Waals surface area contributed by atoms with E-state index in [0.29, 0.717) is 5.56 Å². The number of nitrogens with zero attached hydrogens (tertiary/aromatic N) is 1. The van der Waals surface area contributed by atoms with Crippen molar-refractivity contribution in [2.45, 2.75) is 11.0 Å². The van der Waals surface area contributed by atoms with Crippen molar-refractivity contribution in [2.24, 2.45) is 5.73 Å². The van der Waals surface area contributed by atoms with Crippen LogP contribution in [0.25, 0.3) is 0 Å². The third-order valence-corrected chi connectivity index (χ3v) is 5.54. The molecule has 1 unspecified atom stereocenters. The lowest BCUT2D eigenvalue weighted by atomic mass is 10.2. The Labute approximate surface area is 133 Å². The van der Waals surface area contributed by atoms with E-state index < -0.39 is 16.1 Å². The van der Waals surface area contributed by atoms with Crippen LogP contribution in [0.15, 0.2) is 23.1 Å². The van der Waals surface area contributed by atoms with Gasteiger partial charge in [0, 0.05) is 18.7 Å². The van der Waals surface area contributed by atoms with E-state index in [0.717, 1.165) is 0 Å². The molecule has 0 spiro atoms. The van der Waals surface area contributed by atoms with Gasteiger partial charge in [-0.3, -0.25) is 0 Å². The molecule has 3 N–H and O–H groups in total. The summed E-state index contributed by atoms with van der Waals surface area (Å²) in [5, 5.41) is 9.28. The van der Waals surface area contributed by atoms with Crippen LogP contribution in [0, 0.1) is 0 Å². The summed E-state index contributed by atoms with van der Waals surface area (Å²) in [6, 6.07) is 4.23. The Hall–Kier alpha value is -0.770. The number of aliphatic hydroxyl groups excluding tert-OH is 1. The minimum Gasteiger partial charge on any atom is -0.394 e. The second kappa shape index (κ2) is 6.55. The Bertz CT molecular complexity index is 651. The number of sulfonamides is 1. The molecule has 1 aliphatic rings. The molecule has 6 nitrogen and oxygen atoms in total. The summed E-state index contributed by atoms with van der Waals surface area (Å²) >= 11 is 10.8. The topological polar surface area (TPSA) is 92.9 Å². The first-order valence-corrected chi connectivity index (χ1v) is 8.41. The molecule has 9 heteroatoms. The smallest absolute Gasteiger partial charge is 0.243 e. The molecule has 1 aromatic carbocycles. The van der Waals surface area contributed by atoms with Gasteiger partial charge < -0.3 is 15.6 Å². The molecule has 1 aromatic rings. The predicted molar refractivity (Wildman–Crippen MR) is 82.9 cm³/mol. The molecule has 0 radical (unpaired) electrons. The maximum atomic E-state index is 12.5. The number of thiocarbonyl (C=S) groups is 1. The van der Waals surface area contributed by atoms with Crippen LogP contribution in [-0.4, -0.2) is 55.2 Å². The quantitative estimate of drug-likeness (QED) is 0.761. The van der Waals surface area contributed by atoms with Crippen molar-refractivity contribution in [3.8, 4) is 0 Å². The van der Waals surface area contributed by atoms with Gasteiger partial charge in [0.2, 0.25) is 10.0 Å². The average Bonchev–Trinajstić information content (AvgIpc) is 2.46. The molecule has 1 fully saturated rings. The van der Waals surface area contributed by atoms with Crippen LogP contribution in [-0.2, 0) is 14.8 Å². The van der Waals surface area contributed by atoms with Crippen molar-refractivity contribution >= 4 is 38.8 Å². The summed E-state index contributed by atoms with van der Waals surface area (Å²) in [5.74, 6) is 0. The van der Waals surface area contributed by atoms with E-state index >= 15 is 0 Å². The highest BCUT2D eigenvalue weighted by Crippen LogP contribution is 2.24. The van der Waals surface area contributed by atoms with Crippen molar-refractivity contribution in [3.05, 3.63) is 28.8 Å². The van der Waals surface area contributed by atoms with Gasteiger partial charge in [-0.05, 0) is 18.2 Å². The van der Waals surface area contributed by atoms with Crippen LogP contribution in [0.4, 0.5) is 0 Å². The lowest BCUT2D eigenvalue weighted by molar-refractivity contribution is -0.0304. The molecule has 0 aliphatic carbocycles. The molecular formula is C12H15ClN2O4S2. The van der Waals surface area contributed by atoms with Crippen molar-refractivity contribution in [3.63, 3.8) is 0 Å². The number of rotatable bonds is 4. The molecule has 2 rings (SSSR count). The molecule has 21 heavy (non-hydrogen) atoms. The number of hydrogen-bond acceptors (Lipinski definition) is 5. The van der Waals surface area contributed by atoms with Gasteiger partial charge in [0.25, 0.3) is 0 Å². The monoisotopic (exact) mass is 350 g/mol. The van der Waals surface area contributed by atoms with Gasteiger partial charge in [0.1, 0.15) is 4.99 Å². The van der Waals surface area contributed by atoms with Crippen molar-refractivity contribution in [1.29, 1.82) is 0 Å². The minimum atomic E-state index is -3.70. The van der Waals surface area contributed by atoms with E-state index in [1.807, 2.05) is 0 Å².